The number of hydrogen-bond acceptors (Lipinski definition) is 3. The molecule has 0 amide bonds. The summed E-state index contributed by atoms with van der Waals surface area (Å²) in [4.78, 5) is 11.7. The lowest BCUT2D eigenvalue weighted by Gasteiger charge is -2.08. The number of carbonyl (C=O) groups is 1. The largest absolute Gasteiger partial charge is 0.462 e. The van der Waals surface area contributed by atoms with Gasteiger partial charge in [-0.15, -0.1) is 0 Å². The van der Waals surface area contributed by atoms with Gasteiger partial charge in [-0.2, -0.15) is 0 Å². The van der Waals surface area contributed by atoms with Crippen molar-refractivity contribution in [3.63, 3.8) is 0 Å². The molecule has 0 aromatic heterocycles. The summed E-state index contributed by atoms with van der Waals surface area (Å²) in [7, 11) is 0. The summed E-state index contributed by atoms with van der Waals surface area (Å²) >= 11 is 0. The molecule has 0 heterocycles. The zero-order chi connectivity index (χ0) is 14.4. The summed E-state index contributed by atoms with van der Waals surface area (Å²) < 4.78 is 10.7. The molecule has 1 saturated carbocycles. The lowest BCUT2D eigenvalue weighted by atomic mass is 10.0. The van der Waals surface area contributed by atoms with Crippen LogP contribution in [0.1, 0.15) is 47.7 Å². The van der Waals surface area contributed by atoms with Gasteiger partial charge in [0.15, 0.2) is 0 Å². The second-order valence-electron chi connectivity index (χ2n) is 5.49. The van der Waals surface area contributed by atoms with Crippen molar-refractivity contribution in [3.05, 3.63) is 34.9 Å². The lowest BCUT2D eigenvalue weighted by molar-refractivity contribution is 0.0525. The minimum Gasteiger partial charge on any atom is -0.462 e. The van der Waals surface area contributed by atoms with Gasteiger partial charge < -0.3 is 9.47 Å². The molecule has 1 aromatic rings. The van der Waals surface area contributed by atoms with Crippen molar-refractivity contribution in [2.24, 2.45) is 5.92 Å². The lowest BCUT2D eigenvalue weighted by Crippen LogP contribution is -2.07. The first-order valence-corrected chi connectivity index (χ1v) is 7.55. The molecule has 0 unspecified atom stereocenters. The first-order chi connectivity index (χ1) is 9.70. The number of esters is 1. The quantitative estimate of drug-likeness (QED) is 0.538. The van der Waals surface area contributed by atoms with Crippen LogP contribution in [0, 0.1) is 12.8 Å². The highest BCUT2D eigenvalue weighted by Gasteiger charge is 2.20. The Morgan fingerprint density at radius 2 is 2.15 bits per heavy atom. The van der Waals surface area contributed by atoms with E-state index in [1.54, 1.807) is 0 Å². The molecule has 3 heteroatoms. The summed E-state index contributed by atoms with van der Waals surface area (Å²) in [5, 5.41) is 0. The molecule has 3 nitrogen and oxygen atoms in total. The molecule has 0 bridgehead atoms. The van der Waals surface area contributed by atoms with Crippen LogP contribution in [0.4, 0.5) is 0 Å². The predicted octanol–water partition coefficient (Wildman–Crippen LogP) is 3.53. The fourth-order valence-corrected chi connectivity index (χ4v) is 2.23. The summed E-state index contributed by atoms with van der Waals surface area (Å²) in [5.74, 6) is 0.602. The molecule has 1 aromatic carbocycles. The Labute approximate surface area is 121 Å². The average Bonchev–Trinajstić information content (AvgIpc) is 3.23. The van der Waals surface area contributed by atoms with Gasteiger partial charge in [0.25, 0.3) is 0 Å². The first-order valence-electron chi connectivity index (χ1n) is 7.55. The van der Waals surface area contributed by atoms with Gasteiger partial charge >= 0.3 is 5.97 Å². The molecule has 1 fully saturated rings. The normalized spacial score (nSPS) is 14.3. The highest BCUT2D eigenvalue weighted by atomic mass is 16.5. The van der Waals surface area contributed by atoms with E-state index in [1.165, 1.54) is 18.4 Å². The van der Waals surface area contributed by atoms with Gasteiger partial charge in [-0.25, -0.2) is 4.79 Å². The summed E-state index contributed by atoms with van der Waals surface area (Å²) in [6, 6.07) is 5.96. The van der Waals surface area contributed by atoms with Crippen molar-refractivity contribution >= 4 is 5.97 Å². The van der Waals surface area contributed by atoms with Crippen molar-refractivity contribution in [3.8, 4) is 0 Å². The van der Waals surface area contributed by atoms with Gasteiger partial charge in [0.05, 0.1) is 12.2 Å². The molecular formula is C17H24O3. The summed E-state index contributed by atoms with van der Waals surface area (Å²) in [6.45, 7) is 5.96. The van der Waals surface area contributed by atoms with Crippen molar-refractivity contribution in [1.82, 2.24) is 0 Å². The molecule has 1 aliphatic carbocycles. The van der Waals surface area contributed by atoms with Gasteiger partial charge in [-0.05, 0) is 62.6 Å². The minimum absolute atomic E-state index is 0.232. The van der Waals surface area contributed by atoms with E-state index in [0.29, 0.717) is 12.2 Å². The van der Waals surface area contributed by atoms with E-state index in [-0.39, 0.29) is 5.97 Å². The van der Waals surface area contributed by atoms with Crippen molar-refractivity contribution < 1.29 is 14.3 Å². The van der Waals surface area contributed by atoms with Gasteiger partial charge in [-0.3, -0.25) is 0 Å². The fraction of sp³-hybridized carbons (Fsp3) is 0.588. The Balaban J connectivity index is 1.77. The second-order valence-corrected chi connectivity index (χ2v) is 5.49. The van der Waals surface area contributed by atoms with E-state index in [9.17, 15) is 4.79 Å². The molecule has 0 atom stereocenters. The third-order valence-corrected chi connectivity index (χ3v) is 3.59. The Kier molecular flexibility index (Phi) is 5.60. The maximum absolute atomic E-state index is 11.7. The first kappa shape index (κ1) is 15.0. The monoisotopic (exact) mass is 276 g/mol. The zero-order valence-corrected chi connectivity index (χ0v) is 12.5. The number of rotatable bonds is 8. The summed E-state index contributed by atoms with van der Waals surface area (Å²) in [6.07, 6.45) is 4.71. The Hall–Kier alpha value is -1.35. The minimum atomic E-state index is -0.232. The van der Waals surface area contributed by atoms with Crippen LogP contribution in [0.15, 0.2) is 18.2 Å². The molecular weight excluding hydrogens is 252 g/mol. The molecule has 0 radical (unpaired) electrons. The number of hydrogen-bond donors (Lipinski definition) is 0. The van der Waals surface area contributed by atoms with E-state index in [2.05, 4.69) is 6.07 Å². The number of aryl methyl sites for hydroxylation is 2. The molecule has 0 N–H and O–H groups in total. The van der Waals surface area contributed by atoms with E-state index in [1.807, 2.05) is 26.0 Å². The Morgan fingerprint density at radius 1 is 1.35 bits per heavy atom. The molecule has 0 saturated heterocycles. The molecule has 2 rings (SSSR count). The molecule has 110 valence electrons. The van der Waals surface area contributed by atoms with Crippen LogP contribution in [0.2, 0.25) is 0 Å². The van der Waals surface area contributed by atoms with E-state index in [4.69, 9.17) is 9.47 Å². The van der Waals surface area contributed by atoms with Crippen LogP contribution in [-0.4, -0.2) is 25.8 Å². The Morgan fingerprint density at radius 3 is 2.80 bits per heavy atom. The molecule has 0 spiro atoms. The topological polar surface area (TPSA) is 35.5 Å². The summed E-state index contributed by atoms with van der Waals surface area (Å²) in [5.41, 5.74) is 2.91. The number of carbonyl (C=O) groups excluding carboxylic acids is 1. The third kappa shape index (κ3) is 4.64. The smallest absolute Gasteiger partial charge is 0.338 e. The number of benzene rings is 1. The maximum atomic E-state index is 11.7. The zero-order valence-electron chi connectivity index (χ0n) is 12.5. The Bertz CT molecular complexity index is 450. The van der Waals surface area contributed by atoms with Gasteiger partial charge in [0.1, 0.15) is 0 Å². The van der Waals surface area contributed by atoms with E-state index >= 15 is 0 Å². The van der Waals surface area contributed by atoms with Gasteiger partial charge in [0.2, 0.25) is 0 Å². The van der Waals surface area contributed by atoms with E-state index < -0.39 is 0 Å². The van der Waals surface area contributed by atoms with Gasteiger partial charge in [-0.1, -0.05) is 12.1 Å². The molecule has 20 heavy (non-hydrogen) atoms. The molecule has 0 aliphatic heterocycles. The van der Waals surface area contributed by atoms with Crippen LogP contribution < -0.4 is 0 Å². The van der Waals surface area contributed by atoms with Gasteiger partial charge in [0, 0.05) is 13.2 Å². The van der Waals surface area contributed by atoms with Crippen molar-refractivity contribution in [2.45, 2.75) is 39.5 Å². The van der Waals surface area contributed by atoms with Crippen LogP contribution in [-0.2, 0) is 15.9 Å². The van der Waals surface area contributed by atoms with Crippen LogP contribution in [0.3, 0.4) is 0 Å². The highest BCUT2D eigenvalue weighted by Crippen LogP contribution is 2.28. The standard InChI is InChI=1S/C17H24O3/c1-3-20-17(18)16-9-8-14(11-13(16)2)5-4-10-19-12-15-6-7-15/h8-9,11,15H,3-7,10,12H2,1-2H3. The van der Waals surface area contributed by atoms with E-state index in [0.717, 1.165) is 37.5 Å². The molecule has 1 aliphatic rings. The van der Waals surface area contributed by atoms with Crippen LogP contribution >= 0.6 is 0 Å². The highest BCUT2D eigenvalue weighted by molar-refractivity contribution is 5.91. The maximum Gasteiger partial charge on any atom is 0.338 e. The second kappa shape index (κ2) is 7.44. The van der Waals surface area contributed by atoms with Crippen LogP contribution in [0.5, 0.6) is 0 Å². The van der Waals surface area contributed by atoms with Crippen molar-refractivity contribution in [2.75, 3.05) is 19.8 Å². The van der Waals surface area contributed by atoms with Crippen molar-refractivity contribution in [1.29, 1.82) is 0 Å². The SMILES string of the molecule is CCOC(=O)c1ccc(CCCOCC2CC2)cc1C. The third-order valence-electron chi connectivity index (χ3n) is 3.59. The average molecular weight is 276 g/mol. The predicted molar refractivity (Wildman–Crippen MR) is 79.0 cm³/mol. The van der Waals surface area contributed by atoms with Crippen LogP contribution in [0.25, 0.3) is 0 Å². The fourth-order valence-electron chi connectivity index (χ4n) is 2.23. The number of ether oxygens (including phenoxy) is 2.